The largest absolute Gasteiger partial charge is 0.131 e. The van der Waals surface area contributed by atoms with Crippen LogP contribution in [0.5, 0.6) is 0 Å². The quantitative estimate of drug-likeness (QED) is 0.560. The molecule has 1 aliphatic heterocycles. The summed E-state index contributed by atoms with van der Waals surface area (Å²) in [5, 5.41) is 3.17. The molecule has 1 aliphatic rings. The lowest BCUT2D eigenvalue weighted by molar-refractivity contribution is 0.651. The first-order valence-corrected chi connectivity index (χ1v) is 5.18. The van der Waals surface area contributed by atoms with E-state index in [4.69, 9.17) is 0 Å². The van der Waals surface area contributed by atoms with E-state index in [1.807, 2.05) is 11.8 Å². The van der Waals surface area contributed by atoms with E-state index in [2.05, 4.69) is 18.4 Å². The van der Waals surface area contributed by atoms with Crippen molar-refractivity contribution in [3.05, 3.63) is 11.5 Å². The molecule has 10 heavy (non-hydrogen) atoms. The van der Waals surface area contributed by atoms with Gasteiger partial charge < -0.3 is 0 Å². The first kappa shape index (κ1) is 8.19. The Kier molecular flexibility index (Phi) is 3.96. The Labute approximate surface area is 68.1 Å². The number of rotatable bonds is 4. The average molecular weight is 156 g/mol. The van der Waals surface area contributed by atoms with Crippen molar-refractivity contribution in [3.8, 4) is 0 Å². The zero-order valence-electron chi connectivity index (χ0n) is 6.68. The molecule has 58 valence electrons. The SMILES string of the molecule is CCCCCC1CC=CS1. The minimum atomic E-state index is 0.923. The number of hydrogen-bond acceptors (Lipinski definition) is 1. The fourth-order valence-electron chi connectivity index (χ4n) is 1.24. The maximum absolute atomic E-state index is 2.29. The van der Waals surface area contributed by atoms with Crippen molar-refractivity contribution in [2.24, 2.45) is 0 Å². The number of thioether (sulfide) groups is 1. The van der Waals surface area contributed by atoms with Crippen LogP contribution in [-0.4, -0.2) is 5.25 Å². The predicted molar refractivity (Wildman–Crippen MR) is 49.3 cm³/mol. The van der Waals surface area contributed by atoms with Gasteiger partial charge in [0.2, 0.25) is 0 Å². The van der Waals surface area contributed by atoms with Gasteiger partial charge in [-0.05, 0) is 18.2 Å². The van der Waals surface area contributed by atoms with Crippen molar-refractivity contribution >= 4 is 11.8 Å². The van der Waals surface area contributed by atoms with E-state index in [0.717, 1.165) is 5.25 Å². The second-order valence-electron chi connectivity index (χ2n) is 2.86. The number of unbranched alkanes of at least 4 members (excludes halogenated alkanes) is 2. The molecule has 1 unspecified atom stereocenters. The summed E-state index contributed by atoms with van der Waals surface area (Å²) in [6.07, 6.45) is 9.22. The molecule has 0 saturated carbocycles. The summed E-state index contributed by atoms with van der Waals surface area (Å²) in [5.74, 6) is 0. The fourth-order valence-corrected chi connectivity index (χ4v) is 2.21. The van der Waals surface area contributed by atoms with Gasteiger partial charge in [-0.25, -0.2) is 0 Å². The molecule has 0 aromatic rings. The van der Waals surface area contributed by atoms with Crippen molar-refractivity contribution in [2.75, 3.05) is 0 Å². The third kappa shape index (κ3) is 2.78. The Morgan fingerprint density at radius 1 is 1.50 bits per heavy atom. The smallest absolute Gasteiger partial charge is 0.0123 e. The molecule has 0 aliphatic carbocycles. The molecule has 1 heterocycles. The van der Waals surface area contributed by atoms with E-state index >= 15 is 0 Å². The van der Waals surface area contributed by atoms with Crippen LogP contribution in [0.15, 0.2) is 11.5 Å². The van der Waals surface area contributed by atoms with Gasteiger partial charge in [-0.3, -0.25) is 0 Å². The molecule has 1 atom stereocenters. The number of allylic oxidation sites excluding steroid dienone is 1. The van der Waals surface area contributed by atoms with E-state index in [9.17, 15) is 0 Å². The van der Waals surface area contributed by atoms with Crippen LogP contribution in [0.4, 0.5) is 0 Å². The third-order valence-electron chi connectivity index (χ3n) is 1.90. The van der Waals surface area contributed by atoms with Crippen LogP contribution in [0.1, 0.15) is 39.0 Å². The topological polar surface area (TPSA) is 0 Å². The Morgan fingerprint density at radius 3 is 3.00 bits per heavy atom. The maximum atomic E-state index is 2.29. The van der Waals surface area contributed by atoms with Gasteiger partial charge in [0.15, 0.2) is 0 Å². The zero-order chi connectivity index (χ0) is 7.23. The van der Waals surface area contributed by atoms with Crippen molar-refractivity contribution in [2.45, 2.75) is 44.3 Å². The van der Waals surface area contributed by atoms with Crippen LogP contribution in [0.2, 0.25) is 0 Å². The average Bonchev–Trinajstić information content (AvgIpc) is 2.41. The van der Waals surface area contributed by atoms with Crippen LogP contribution < -0.4 is 0 Å². The second-order valence-corrected chi connectivity index (χ2v) is 4.07. The summed E-state index contributed by atoms with van der Waals surface area (Å²) in [4.78, 5) is 0. The minimum absolute atomic E-state index is 0.923. The highest BCUT2D eigenvalue weighted by molar-refractivity contribution is 8.02. The molecule has 0 spiro atoms. The monoisotopic (exact) mass is 156 g/mol. The standard InChI is InChI=1S/C9H16S/c1-2-3-4-6-9-7-5-8-10-9/h5,8-9H,2-4,6-7H2,1H3. The molecule has 0 saturated heterocycles. The molecule has 0 aromatic carbocycles. The summed E-state index contributed by atoms with van der Waals surface area (Å²) >= 11 is 2.01. The highest BCUT2D eigenvalue weighted by Crippen LogP contribution is 2.27. The summed E-state index contributed by atoms with van der Waals surface area (Å²) in [6, 6.07) is 0. The molecule has 0 fully saturated rings. The first-order chi connectivity index (χ1) is 4.93. The predicted octanol–water partition coefficient (Wildman–Crippen LogP) is 3.59. The summed E-state index contributed by atoms with van der Waals surface area (Å²) in [6.45, 7) is 2.26. The summed E-state index contributed by atoms with van der Waals surface area (Å²) in [7, 11) is 0. The van der Waals surface area contributed by atoms with E-state index in [1.54, 1.807) is 0 Å². The van der Waals surface area contributed by atoms with Gasteiger partial charge in [0.05, 0.1) is 0 Å². The van der Waals surface area contributed by atoms with Crippen LogP contribution in [0.25, 0.3) is 0 Å². The lowest BCUT2D eigenvalue weighted by atomic mass is 10.1. The number of hydrogen-bond donors (Lipinski definition) is 0. The molecular weight excluding hydrogens is 140 g/mol. The van der Waals surface area contributed by atoms with Crippen molar-refractivity contribution < 1.29 is 0 Å². The Hall–Kier alpha value is 0.0900. The third-order valence-corrected chi connectivity index (χ3v) is 3.06. The minimum Gasteiger partial charge on any atom is -0.131 e. The Balaban J connectivity index is 1.93. The van der Waals surface area contributed by atoms with Gasteiger partial charge >= 0.3 is 0 Å². The van der Waals surface area contributed by atoms with Gasteiger partial charge in [-0.15, -0.1) is 11.8 Å². The molecule has 0 bridgehead atoms. The van der Waals surface area contributed by atoms with Gasteiger partial charge in [0.1, 0.15) is 0 Å². The van der Waals surface area contributed by atoms with E-state index in [-0.39, 0.29) is 0 Å². The van der Waals surface area contributed by atoms with Crippen LogP contribution in [-0.2, 0) is 0 Å². The molecule has 0 aromatic heterocycles. The normalized spacial score (nSPS) is 23.9. The summed E-state index contributed by atoms with van der Waals surface area (Å²) in [5.41, 5.74) is 0. The van der Waals surface area contributed by atoms with Crippen LogP contribution >= 0.6 is 11.8 Å². The zero-order valence-corrected chi connectivity index (χ0v) is 7.49. The fraction of sp³-hybridized carbons (Fsp3) is 0.778. The van der Waals surface area contributed by atoms with Gasteiger partial charge in [0, 0.05) is 5.25 Å². The highest BCUT2D eigenvalue weighted by atomic mass is 32.2. The molecule has 0 amide bonds. The van der Waals surface area contributed by atoms with E-state index in [0.29, 0.717) is 0 Å². The molecule has 0 nitrogen and oxygen atoms in total. The molecule has 0 N–H and O–H groups in total. The van der Waals surface area contributed by atoms with Crippen LogP contribution in [0, 0.1) is 0 Å². The van der Waals surface area contributed by atoms with Crippen molar-refractivity contribution in [1.29, 1.82) is 0 Å². The van der Waals surface area contributed by atoms with Gasteiger partial charge in [-0.1, -0.05) is 32.3 Å². The molecule has 1 rings (SSSR count). The highest BCUT2D eigenvalue weighted by Gasteiger charge is 2.08. The summed E-state index contributed by atoms with van der Waals surface area (Å²) < 4.78 is 0. The first-order valence-electron chi connectivity index (χ1n) is 4.24. The lowest BCUT2D eigenvalue weighted by Crippen LogP contribution is -1.95. The van der Waals surface area contributed by atoms with E-state index in [1.165, 1.54) is 32.1 Å². The van der Waals surface area contributed by atoms with E-state index < -0.39 is 0 Å². The van der Waals surface area contributed by atoms with Gasteiger partial charge in [-0.2, -0.15) is 0 Å². The molecule has 0 radical (unpaired) electrons. The Morgan fingerprint density at radius 2 is 2.40 bits per heavy atom. The van der Waals surface area contributed by atoms with Crippen molar-refractivity contribution in [3.63, 3.8) is 0 Å². The van der Waals surface area contributed by atoms with Gasteiger partial charge in [0.25, 0.3) is 0 Å². The second kappa shape index (κ2) is 4.84. The lowest BCUT2D eigenvalue weighted by Gasteiger charge is -2.05. The van der Waals surface area contributed by atoms with Crippen molar-refractivity contribution in [1.82, 2.24) is 0 Å². The molecular formula is C9H16S. The maximum Gasteiger partial charge on any atom is 0.0123 e. The Bertz CT molecular complexity index is 99.3. The molecule has 1 heteroatoms. The van der Waals surface area contributed by atoms with Crippen LogP contribution in [0.3, 0.4) is 0 Å².